The van der Waals surface area contributed by atoms with E-state index in [1.54, 1.807) is 0 Å². The number of para-hydroxylation sites is 1. The highest BCUT2D eigenvalue weighted by atomic mass is 32.1. The van der Waals surface area contributed by atoms with Crippen molar-refractivity contribution in [2.75, 3.05) is 5.32 Å². The first-order valence-corrected chi connectivity index (χ1v) is 6.86. The van der Waals surface area contributed by atoms with Crippen LogP contribution in [-0.4, -0.2) is 0 Å². The SMILES string of the molecule is Cc1ccc(CNc2ccccc2C(C)C)s1. The quantitative estimate of drug-likeness (QED) is 0.816. The fourth-order valence-corrected chi connectivity index (χ4v) is 2.75. The van der Waals surface area contributed by atoms with Crippen molar-refractivity contribution in [1.29, 1.82) is 0 Å². The Morgan fingerprint density at radius 2 is 1.88 bits per heavy atom. The van der Waals surface area contributed by atoms with E-state index in [0.29, 0.717) is 5.92 Å². The van der Waals surface area contributed by atoms with Crippen LogP contribution in [0.25, 0.3) is 0 Å². The maximum atomic E-state index is 3.53. The number of rotatable bonds is 4. The van der Waals surface area contributed by atoms with E-state index in [1.165, 1.54) is 21.0 Å². The molecule has 0 aliphatic heterocycles. The smallest absolute Gasteiger partial charge is 0.0494 e. The normalized spacial score (nSPS) is 10.8. The summed E-state index contributed by atoms with van der Waals surface area (Å²) < 4.78 is 0. The predicted molar refractivity (Wildman–Crippen MR) is 76.9 cm³/mol. The third-order valence-electron chi connectivity index (χ3n) is 2.83. The standard InChI is InChI=1S/C15H19NS/c1-11(2)14-6-4-5-7-15(14)16-10-13-9-8-12(3)17-13/h4-9,11,16H,10H2,1-3H3. The Hall–Kier alpha value is -1.28. The molecule has 1 N–H and O–H groups in total. The fraction of sp³-hybridized carbons (Fsp3) is 0.333. The first-order valence-electron chi connectivity index (χ1n) is 6.05. The molecule has 17 heavy (non-hydrogen) atoms. The van der Waals surface area contributed by atoms with Crippen molar-refractivity contribution >= 4 is 17.0 Å². The molecule has 0 fully saturated rings. The Balaban J connectivity index is 2.08. The average Bonchev–Trinajstić information content (AvgIpc) is 2.73. The van der Waals surface area contributed by atoms with Crippen LogP contribution in [0.5, 0.6) is 0 Å². The summed E-state index contributed by atoms with van der Waals surface area (Å²) in [6.45, 7) is 7.53. The molecule has 0 radical (unpaired) electrons. The molecule has 90 valence electrons. The van der Waals surface area contributed by atoms with Crippen LogP contribution in [-0.2, 0) is 6.54 Å². The van der Waals surface area contributed by atoms with Crippen molar-refractivity contribution in [2.24, 2.45) is 0 Å². The summed E-state index contributed by atoms with van der Waals surface area (Å²) in [5.41, 5.74) is 2.65. The second-order valence-corrected chi connectivity index (χ2v) is 5.98. The lowest BCUT2D eigenvalue weighted by Gasteiger charge is -2.13. The van der Waals surface area contributed by atoms with E-state index in [2.05, 4.69) is 62.5 Å². The van der Waals surface area contributed by atoms with Crippen molar-refractivity contribution in [1.82, 2.24) is 0 Å². The topological polar surface area (TPSA) is 12.0 Å². The van der Waals surface area contributed by atoms with E-state index in [1.807, 2.05) is 11.3 Å². The van der Waals surface area contributed by atoms with Crippen molar-refractivity contribution in [2.45, 2.75) is 33.2 Å². The monoisotopic (exact) mass is 245 g/mol. The maximum Gasteiger partial charge on any atom is 0.0494 e. The van der Waals surface area contributed by atoms with Gasteiger partial charge in [-0.1, -0.05) is 32.0 Å². The van der Waals surface area contributed by atoms with Crippen LogP contribution >= 0.6 is 11.3 Å². The summed E-state index contributed by atoms with van der Waals surface area (Å²) in [5, 5.41) is 3.53. The van der Waals surface area contributed by atoms with Crippen molar-refractivity contribution in [3.8, 4) is 0 Å². The zero-order chi connectivity index (χ0) is 12.3. The largest absolute Gasteiger partial charge is 0.380 e. The van der Waals surface area contributed by atoms with Crippen molar-refractivity contribution < 1.29 is 0 Å². The molecule has 0 bridgehead atoms. The zero-order valence-corrected chi connectivity index (χ0v) is 11.5. The minimum absolute atomic E-state index is 0.559. The number of anilines is 1. The Morgan fingerprint density at radius 1 is 1.12 bits per heavy atom. The third-order valence-corrected chi connectivity index (χ3v) is 3.83. The second-order valence-electron chi connectivity index (χ2n) is 4.61. The molecule has 0 aliphatic carbocycles. The highest BCUT2D eigenvalue weighted by molar-refractivity contribution is 7.11. The van der Waals surface area contributed by atoms with E-state index in [4.69, 9.17) is 0 Å². The van der Waals surface area contributed by atoms with Gasteiger partial charge in [0.2, 0.25) is 0 Å². The first kappa shape index (κ1) is 12.2. The molecule has 2 aromatic rings. The first-order chi connectivity index (χ1) is 8.16. The second kappa shape index (κ2) is 5.37. The highest BCUT2D eigenvalue weighted by Gasteiger charge is 2.05. The third kappa shape index (κ3) is 3.10. The predicted octanol–water partition coefficient (Wildman–Crippen LogP) is 4.79. The van der Waals surface area contributed by atoms with Crippen molar-refractivity contribution in [3.05, 3.63) is 51.7 Å². The summed E-state index contributed by atoms with van der Waals surface area (Å²) in [6.07, 6.45) is 0. The van der Waals surface area contributed by atoms with Crippen LogP contribution in [0.1, 0.15) is 35.1 Å². The van der Waals surface area contributed by atoms with E-state index in [0.717, 1.165) is 6.54 Å². The molecule has 2 rings (SSSR count). The zero-order valence-electron chi connectivity index (χ0n) is 10.7. The molecule has 0 saturated carbocycles. The van der Waals surface area contributed by atoms with Gasteiger partial charge in [0.1, 0.15) is 0 Å². The van der Waals surface area contributed by atoms with Crippen LogP contribution in [0.15, 0.2) is 36.4 Å². The molecule has 1 aromatic heterocycles. The summed E-state index contributed by atoms with van der Waals surface area (Å²) in [7, 11) is 0. The minimum Gasteiger partial charge on any atom is -0.380 e. The van der Waals surface area contributed by atoms with E-state index in [-0.39, 0.29) is 0 Å². The lowest BCUT2D eigenvalue weighted by atomic mass is 10.0. The Labute approximate surface area is 108 Å². The summed E-state index contributed by atoms with van der Waals surface area (Å²) in [5.74, 6) is 0.559. The van der Waals surface area contributed by atoms with Gasteiger partial charge in [0, 0.05) is 22.0 Å². The van der Waals surface area contributed by atoms with Gasteiger partial charge < -0.3 is 5.32 Å². The molecule has 0 aliphatic rings. The lowest BCUT2D eigenvalue weighted by Crippen LogP contribution is -2.01. The molecule has 1 aromatic carbocycles. The number of benzene rings is 1. The van der Waals surface area contributed by atoms with Gasteiger partial charge in [-0.15, -0.1) is 11.3 Å². The van der Waals surface area contributed by atoms with Crippen LogP contribution in [0.4, 0.5) is 5.69 Å². The molecule has 1 nitrogen and oxygen atoms in total. The van der Waals surface area contributed by atoms with Crippen LogP contribution in [0, 0.1) is 6.92 Å². The molecule has 1 heterocycles. The molecule has 0 amide bonds. The van der Waals surface area contributed by atoms with Gasteiger partial charge >= 0.3 is 0 Å². The number of hydrogen-bond acceptors (Lipinski definition) is 2. The highest BCUT2D eigenvalue weighted by Crippen LogP contribution is 2.25. The average molecular weight is 245 g/mol. The number of nitrogens with one attached hydrogen (secondary N) is 1. The van der Waals surface area contributed by atoms with Crippen LogP contribution < -0.4 is 5.32 Å². The Morgan fingerprint density at radius 3 is 2.53 bits per heavy atom. The molecule has 2 heteroatoms. The lowest BCUT2D eigenvalue weighted by molar-refractivity contribution is 0.866. The summed E-state index contributed by atoms with van der Waals surface area (Å²) in [6, 6.07) is 12.9. The van der Waals surface area contributed by atoms with E-state index in [9.17, 15) is 0 Å². The van der Waals surface area contributed by atoms with Crippen LogP contribution in [0.2, 0.25) is 0 Å². The molecular formula is C15H19NS. The number of thiophene rings is 1. The Bertz CT molecular complexity index is 485. The van der Waals surface area contributed by atoms with Gasteiger partial charge in [-0.05, 0) is 36.6 Å². The summed E-state index contributed by atoms with van der Waals surface area (Å²) in [4.78, 5) is 2.76. The van der Waals surface area contributed by atoms with Gasteiger partial charge in [-0.2, -0.15) is 0 Å². The number of aryl methyl sites for hydroxylation is 1. The van der Waals surface area contributed by atoms with Gasteiger partial charge in [0.25, 0.3) is 0 Å². The van der Waals surface area contributed by atoms with Gasteiger partial charge in [0.15, 0.2) is 0 Å². The Kier molecular flexibility index (Phi) is 3.85. The maximum absolute atomic E-state index is 3.53. The van der Waals surface area contributed by atoms with E-state index < -0.39 is 0 Å². The summed E-state index contributed by atoms with van der Waals surface area (Å²) >= 11 is 1.86. The van der Waals surface area contributed by atoms with E-state index >= 15 is 0 Å². The minimum atomic E-state index is 0.559. The van der Waals surface area contributed by atoms with Crippen LogP contribution in [0.3, 0.4) is 0 Å². The fourth-order valence-electron chi connectivity index (χ4n) is 1.92. The molecular weight excluding hydrogens is 226 g/mol. The van der Waals surface area contributed by atoms with Gasteiger partial charge in [0.05, 0.1) is 0 Å². The number of hydrogen-bond donors (Lipinski definition) is 1. The molecule has 0 spiro atoms. The molecule has 0 atom stereocenters. The van der Waals surface area contributed by atoms with Gasteiger partial charge in [-0.25, -0.2) is 0 Å². The molecule has 0 saturated heterocycles. The van der Waals surface area contributed by atoms with Gasteiger partial charge in [-0.3, -0.25) is 0 Å². The van der Waals surface area contributed by atoms with Crippen molar-refractivity contribution in [3.63, 3.8) is 0 Å². The molecule has 0 unspecified atom stereocenters.